The molecule has 0 unspecified atom stereocenters. The van der Waals surface area contributed by atoms with E-state index in [0.717, 1.165) is 31.2 Å². The highest BCUT2D eigenvalue weighted by Gasteiger charge is 2.37. The molecule has 1 nitrogen and oxygen atoms in total. The highest BCUT2D eigenvalue weighted by Crippen LogP contribution is 2.44. The van der Waals surface area contributed by atoms with Gasteiger partial charge in [0.2, 0.25) is 0 Å². The maximum atomic E-state index is 9.13. The third-order valence-electron chi connectivity index (χ3n) is 3.08. The predicted molar refractivity (Wildman–Crippen MR) is 62.1 cm³/mol. The number of hydrogen-bond donors (Lipinski definition) is 0. The van der Waals surface area contributed by atoms with E-state index in [2.05, 4.69) is 6.07 Å². The maximum absolute atomic E-state index is 9.13. The molecule has 1 saturated carbocycles. The Balaban J connectivity index is 2.24. The van der Waals surface area contributed by atoms with E-state index < -0.39 is 0 Å². The van der Waals surface area contributed by atoms with Crippen LogP contribution in [0.2, 0.25) is 10.0 Å². The van der Waals surface area contributed by atoms with Gasteiger partial charge in [0.25, 0.3) is 0 Å². The molecular formula is C12H11Cl2N. The number of nitrogens with zero attached hydrogens (tertiary/aromatic N) is 1. The summed E-state index contributed by atoms with van der Waals surface area (Å²) in [7, 11) is 0. The van der Waals surface area contributed by atoms with Crippen LogP contribution in [0.3, 0.4) is 0 Å². The first-order valence-electron chi connectivity index (χ1n) is 5.00. The Labute approximate surface area is 99.6 Å². The molecule has 1 aliphatic carbocycles. The average Bonchev–Trinajstić information content (AvgIpc) is 2.17. The molecule has 1 aromatic rings. The number of benzene rings is 1. The van der Waals surface area contributed by atoms with Gasteiger partial charge in [0.1, 0.15) is 0 Å². The quantitative estimate of drug-likeness (QED) is 0.758. The molecule has 3 heteroatoms. The zero-order chi connectivity index (χ0) is 10.9. The van der Waals surface area contributed by atoms with Crippen molar-refractivity contribution >= 4 is 23.2 Å². The molecule has 78 valence electrons. The van der Waals surface area contributed by atoms with Crippen molar-refractivity contribution in [2.75, 3.05) is 0 Å². The van der Waals surface area contributed by atoms with Crippen LogP contribution in [-0.2, 0) is 6.42 Å². The number of hydrogen-bond acceptors (Lipinski definition) is 1. The van der Waals surface area contributed by atoms with Crippen LogP contribution in [0.4, 0.5) is 0 Å². The molecular weight excluding hydrogens is 229 g/mol. The topological polar surface area (TPSA) is 23.8 Å². The Hall–Kier alpha value is -0.710. The molecule has 1 aliphatic rings. The van der Waals surface area contributed by atoms with Crippen molar-refractivity contribution in [3.05, 3.63) is 33.8 Å². The molecule has 0 spiro atoms. The van der Waals surface area contributed by atoms with Crippen molar-refractivity contribution in [3.8, 4) is 6.07 Å². The van der Waals surface area contributed by atoms with Crippen LogP contribution in [0.5, 0.6) is 0 Å². The second kappa shape index (κ2) is 4.04. The van der Waals surface area contributed by atoms with Crippen LogP contribution in [-0.4, -0.2) is 0 Å². The van der Waals surface area contributed by atoms with E-state index in [4.69, 9.17) is 28.5 Å². The monoisotopic (exact) mass is 239 g/mol. The molecule has 15 heavy (non-hydrogen) atoms. The van der Waals surface area contributed by atoms with E-state index in [1.54, 1.807) is 12.1 Å². The van der Waals surface area contributed by atoms with E-state index >= 15 is 0 Å². The van der Waals surface area contributed by atoms with Gasteiger partial charge >= 0.3 is 0 Å². The molecule has 0 heterocycles. The summed E-state index contributed by atoms with van der Waals surface area (Å²) in [6.07, 6.45) is 3.83. The maximum Gasteiger partial charge on any atom is 0.0693 e. The summed E-state index contributed by atoms with van der Waals surface area (Å²) in [6, 6.07) is 7.84. The van der Waals surface area contributed by atoms with E-state index in [1.165, 1.54) is 0 Å². The molecule has 2 rings (SSSR count). The largest absolute Gasteiger partial charge is 0.198 e. The minimum absolute atomic E-state index is 0.186. The highest BCUT2D eigenvalue weighted by molar-refractivity contribution is 6.33. The van der Waals surface area contributed by atoms with Gasteiger partial charge < -0.3 is 0 Å². The van der Waals surface area contributed by atoms with Gasteiger partial charge in [-0.3, -0.25) is 0 Å². The molecule has 0 N–H and O–H groups in total. The van der Waals surface area contributed by atoms with Crippen molar-refractivity contribution in [3.63, 3.8) is 0 Å². The Bertz CT molecular complexity index is 416. The van der Waals surface area contributed by atoms with Crippen molar-refractivity contribution in [1.82, 2.24) is 0 Å². The highest BCUT2D eigenvalue weighted by atomic mass is 35.5. The summed E-state index contributed by atoms with van der Waals surface area (Å²) in [5, 5.41) is 10.5. The first kappa shape index (κ1) is 10.8. The van der Waals surface area contributed by atoms with Crippen LogP contribution in [0, 0.1) is 16.7 Å². The third kappa shape index (κ3) is 2.12. The molecule has 0 radical (unpaired) electrons. The lowest BCUT2D eigenvalue weighted by atomic mass is 9.66. The lowest BCUT2D eigenvalue weighted by Crippen LogP contribution is -2.29. The van der Waals surface area contributed by atoms with Crippen molar-refractivity contribution in [2.45, 2.75) is 25.7 Å². The zero-order valence-electron chi connectivity index (χ0n) is 8.26. The molecule has 0 saturated heterocycles. The molecule has 0 atom stereocenters. The van der Waals surface area contributed by atoms with Gasteiger partial charge in [0.05, 0.1) is 11.5 Å². The molecule has 0 amide bonds. The Kier molecular flexibility index (Phi) is 2.91. The van der Waals surface area contributed by atoms with Crippen molar-refractivity contribution < 1.29 is 0 Å². The van der Waals surface area contributed by atoms with Crippen molar-refractivity contribution in [2.24, 2.45) is 5.41 Å². The fourth-order valence-electron chi connectivity index (χ4n) is 1.98. The first-order chi connectivity index (χ1) is 7.15. The van der Waals surface area contributed by atoms with Crippen LogP contribution in [0.1, 0.15) is 24.8 Å². The molecule has 1 fully saturated rings. The van der Waals surface area contributed by atoms with Gasteiger partial charge in [-0.05, 0) is 43.0 Å². The van der Waals surface area contributed by atoms with Crippen LogP contribution >= 0.6 is 23.2 Å². The number of nitriles is 1. The second-order valence-electron chi connectivity index (χ2n) is 4.16. The summed E-state index contributed by atoms with van der Waals surface area (Å²) >= 11 is 12.0. The smallest absolute Gasteiger partial charge is 0.0693 e. The van der Waals surface area contributed by atoms with E-state index in [-0.39, 0.29) is 5.41 Å². The third-order valence-corrected chi connectivity index (χ3v) is 3.69. The lowest BCUT2D eigenvalue weighted by Gasteiger charge is -2.35. The molecule has 0 aromatic heterocycles. The van der Waals surface area contributed by atoms with E-state index in [0.29, 0.717) is 10.0 Å². The summed E-state index contributed by atoms with van der Waals surface area (Å²) in [5.41, 5.74) is 0.805. The Morgan fingerprint density at radius 2 is 2.07 bits per heavy atom. The van der Waals surface area contributed by atoms with Gasteiger partial charge in [0.15, 0.2) is 0 Å². The summed E-state index contributed by atoms with van der Waals surface area (Å²) < 4.78 is 0. The minimum atomic E-state index is -0.186. The molecule has 1 aromatic carbocycles. The normalized spacial score (nSPS) is 17.9. The Morgan fingerprint density at radius 1 is 1.33 bits per heavy atom. The van der Waals surface area contributed by atoms with E-state index in [1.807, 2.05) is 6.07 Å². The SMILES string of the molecule is N#CC1(Cc2cc(Cl)ccc2Cl)CCC1. The average molecular weight is 240 g/mol. The standard InChI is InChI=1S/C12H11Cl2N/c13-10-2-3-11(14)9(6-10)7-12(8-15)4-1-5-12/h2-3,6H,1,4-5,7H2. The van der Waals surface area contributed by atoms with Crippen LogP contribution in [0.15, 0.2) is 18.2 Å². The van der Waals surface area contributed by atoms with E-state index in [9.17, 15) is 0 Å². The second-order valence-corrected chi connectivity index (χ2v) is 5.00. The molecule has 0 aliphatic heterocycles. The number of halogens is 2. The predicted octanol–water partition coefficient (Wildman–Crippen LogP) is 4.23. The first-order valence-corrected chi connectivity index (χ1v) is 5.76. The fraction of sp³-hybridized carbons (Fsp3) is 0.417. The minimum Gasteiger partial charge on any atom is -0.198 e. The van der Waals surface area contributed by atoms with Gasteiger partial charge in [-0.2, -0.15) is 5.26 Å². The van der Waals surface area contributed by atoms with Gasteiger partial charge in [-0.15, -0.1) is 0 Å². The van der Waals surface area contributed by atoms with Crippen molar-refractivity contribution in [1.29, 1.82) is 5.26 Å². The summed E-state index contributed by atoms with van der Waals surface area (Å²) in [5.74, 6) is 0. The van der Waals surface area contributed by atoms with Crippen LogP contribution < -0.4 is 0 Å². The van der Waals surface area contributed by atoms with Gasteiger partial charge in [-0.25, -0.2) is 0 Å². The molecule has 0 bridgehead atoms. The fourth-order valence-corrected chi connectivity index (χ4v) is 2.35. The Morgan fingerprint density at radius 3 is 2.60 bits per heavy atom. The lowest BCUT2D eigenvalue weighted by molar-refractivity contribution is 0.214. The summed E-state index contributed by atoms with van der Waals surface area (Å²) in [4.78, 5) is 0. The van der Waals surface area contributed by atoms with Crippen LogP contribution in [0.25, 0.3) is 0 Å². The van der Waals surface area contributed by atoms with Gasteiger partial charge in [-0.1, -0.05) is 29.6 Å². The number of rotatable bonds is 2. The summed E-state index contributed by atoms with van der Waals surface area (Å²) in [6.45, 7) is 0. The van der Waals surface area contributed by atoms with Gasteiger partial charge in [0, 0.05) is 10.0 Å². The zero-order valence-corrected chi connectivity index (χ0v) is 9.78.